The molecule has 0 radical (unpaired) electrons. The van der Waals surface area contributed by atoms with Gasteiger partial charge in [-0.25, -0.2) is 4.79 Å². The van der Waals surface area contributed by atoms with Crippen LogP contribution in [-0.4, -0.2) is 53.4 Å². The van der Waals surface area contributed by atoms with Gasteiger partial charge in [0.15, 0.2) is 5.16 Å². The lowest BCUT2D eigenvalue weighted by Crippen LogP contribution is -2.33. The van der Waals surface area contributed by atoms with Gasteiger partial charge < -0.3 is 14.6 Å². The largest absolute Gasteiger partial charge is 0.481 e. The van der Waals surface area contributed by atoms with Gasteiger partial charge in [-0.2, -0.15) is 23.9 Å². The summed E-state index contributed by atoms with van der Waals surface area (Å²) in [5.74, 6) is -0.716. The lowest BCUT2D eigenvalue weighted by molar-refractivity contribution is 0.0229. The first-order valence-electron chi connectivity index (χ1n) is 11.2. The zero-order chi connectivity index (χ0) is 26.8. The Morgan fingerprint density at radius 2 is 1.68 bits per heavy atom. The van der Waals surface area contributed by atoms with Crippen molar-refractivity contribution in [2.24, 2.45) is 5.41 Å². The Morgan fingerprint density at radius 3 is 2.22 bits per heavy atom. The van der Waals surface area contributed by atoms with Crippen LogP contribution in [0.1, 0.15) is 41.0 Å². The third kappa shape index (κ3) is 6.00. The number of ether oxygens (including phenoxy) is 2. The number of aromatic nitrogens is 2. The van der Waals surface area contributed by atoms with E-state index in [0.717, 1.165) is 11.8 Å². The predicted octanol–water partition coefficient (Wildman–Crippen LogP) is 5.91. The molecule has 1 aliphatic heterocycles. The van der Waals surface area contributed by atoms with Gasteiger partial charge in [-0.3, -0.25) is 0 Å². The average Bonchev–Trinajstić information content (AvgIpc) is 2.88. The minimum atomic E-state index is -3.52. The van der Waals surface area contributed by atoms with Crippen LogP contribution in [0.3, 0.4) is 0 Å². The standard InChI is InChI=1S/C25H26ClN2O7PS/c1-25(2)13-34-36(31,35-14-25)22(15-8-6-5-7-9-15)16-10-11-17(20(21(16)26)23(29)30)37-24-27-18(32-3)12-19(28-24)33-4/h5-12,22,31H,13-14H2,1-4H3/p+1. The summed E-state index contributed by atoms with van der Waals surface area (Å²) in [6, 6.07) is 13.9. The summed E-state index contributed by atoms with van der Waals surface area (Å²) < 4.78 is 22.3. The van der Waals surface area contributed by atoms with E-state index < -0.39 is 19.6 Å². The van der Waals surface area contributed by atoms with Crippen LogP contribution in [0.2, 0.25) is 5.02 Å². The first-order chi connectivity index (χ1) is 17.6. The summed E-state index contributed by atoms with van der Waals surface area (Å²) in [6.07, 6.45) is 0. The van der Waals surface area contributed by atoms with E-state index in [2.05, 4.69) is 9.97 Å². The van der Waals surface area contributed by atoms with Crippen molar-refractivity contribution in [2.75, 3.05) is 27.4 Å². The lowest BCUT2D eigenvalue weighted by Gasteiger charge is -2.35. The van der Waals surface area contributed by atoms with E-state index in [9.17, 15) is 14.8 Å². The van der Waals surface area contributed by atoms with Crippen LogP contribution >= 0.6 is 31.3 Å². The molecule has 0 spiro atoms. The molecular weight excluding hydrogens is 539 g/mol. The highest BCUT2D eigenvalue weighted by atomic mass is 35.5. The minimum Gasteiger partial charge on any atom is -0.481 e. The molecule has 37 heavy (non-hydrogen) atoms. The molecule has 1 atom stereocenters. The van der Waals surface area contributed by atoms with E-state index >= 15 is 0 Å². The molecule has 2 aromatic carbocycles. The number of halogens is 1. The maximum Gasteiger partial charge on any atom is 0.421 e. The molecule has 1 aliphatic rings. The van der Waals surface area contributed by atoms with Crippen LogP contribution in [0, 0.1) is 5.41 Å². The van der Waals surface area contributed by atoms with Gasteiger partial charge >= 0.3 is 13.9 Å². The van der Waals surface area contributed by atoms with E-state index in [4.69, 9.17) is 30.1 Å². The van der Waals surface area contributed by atoms with Gasteiger partial charge in [0.05, 0.1) is 30.9 Å². The van der Waals surface area contributed by atoms with Crippen LogP contribution in [0.5, 0.6) is 11.8 Å². The molecule has 1 saturated heterocycles. The second kappa shape index (κ2) is 11.1. The molecule has 1 unspecified atom stereocenters. The number of carboxylic acids is 1. The number of hydrogen-bond acceptors (Lipinski definition) is 9. The summed E-state index contributed by atoms with van der Waals surface area (Å²) in [5, 5.41) is 10.3. The van der Waals surface area contributed by atoms with Gasteiger partial charge in [-0.1, -0.05) is 61.8 Å². The summed E-state index contributed by atoms with van der Waals surface area (Å²) in [4.78, 5) is 32.9. The molecule has 0 aliphatic carbocycles. The molecule has 2 heterocycles. The van der Waals surface area contributed by atoms with Crippen LogP contribution in [0.15, 0.2) is 58.6 Å². The van der Waals surface area contributed by atoms with Gasteiger partial charge in [0.2, 0.25) is 17.4 Å². The second-order valence-electron chi connectivity index (χ2n) is 9.07. The lowest BCUT2D eigenvalue weighted by atomic mass is 9.97. The SMILES string of the molecule is COc1cc(OC)nc(Sc2ccc(C(c3ccccc3)[P+]3(O)OCC(C)(C)CO3)c(Cl)c2C(=O)O)n1. The molecule has 12 heteroatoms. The molecule has 3 aromatic rings. The number of carbonyl (C=O) groups is 1. The Bertz CT molecular complexity index is 1260. The monoisotopic (exact) mass is 565 g/mol. The third-order valence-corrected chi connectivity index (χ3v) is 9.20. The van der Waals surface area contributed by atoms with Crippen molar-refractivity contribution in [1.82, 2.24) is 9.97 Å². The molecule has 2 N–H and O–H groups in total. The van der Waals surface area contributed by atoms with E-state index in [1.807, 2.05) is 44.2 Å². The highest BCUT2D eigenvalue weighted by Gasteiger charge is 2.57. The third-order valence-electron chi connectivity index (χ3n) is 5.64. The number of methoxy groups -OCH3 is 2. The molecule has 0 saturated carbocycles. The van der Waals surface area contributed by atoms with Crippen molar-refractivity contribution in [3.05, 3.63) is 70.2 Å². The highest BCUT2D eigenvalue weighted by Crippen LogP contribution is 2.73. The number of benzene rings is 2. The van der Waals surface area contributed by atoms with Crippen LogP contribution in [0.25, 0.3) is 0 Å². The fourth-order valence-electron chi connectivity index (χ4n) is 3.75. The summed E-state index contributed by atoms with van der Waals surface area (Å²) in [7, 11) is -0.605. The van der Waals surface area contributed by atoms with Crippen LogP contribution in [0.4, 0.5) is 0 Å². The van der Waals surface area contributed by atoms with Crippen molar-refractivity contribution in [3.63, 3.8) is 0 Å². The Morgan fingerprint density at radius 1 is 1.08 bits per heavy atom. The van der Waals surface area contributed by atoms with E-state index in [1.165, 1.54) is 20.3 Å². The van der Waals surface area contributed by atoms with Gasteiger partial charge in [-0.15, -0.1) is 0 Å². The first-order valence-corrected chi connectivity index (χ1v) is 14.1. The summed E-state index contributed by atoms with van der Waals surface area (Å²) in [6.45, 7) is 4.52. The highest BCUT2D eigenvalue weighted by molar-refractivity contribution is 7.99. The van der Waals surface area contributed by atoms with Crippen molar-refractivity contribution in [3.8, 4) is 11.8 Å². The second-order valence-corrected chi connectivity index (χ2v) is 12.6. The van der Waals surface area contributed by atoms with Gasteiger partial charge in [0.25, 0.3) is 0 Å². The Kier molecular flexibility index (Phi) is 8.28. The maximum atomic E-state index is 12.4. The van der Waals surface area contributed by atoms with Gasteiger partial charge in [0, 0.05) is 21.4 Å². The van der Waals surface area contributed by atoms with E-state index in [0.29, 0.717) is 16.0 Å². The average molecular weight is 566 g/mol. The molecule has 0 amide bonds. The van der Waals surface area contributed by atoms with E-state index in [1.54, 1.807) is 12.1 Å². The van der Waals surface area contributed by atoms with Crippen molar-refractivity contribution < 1.29 is 33.3 Å². The predicted molar refractivity (Wildman–Crippen MR) is 141 cm³/mol. The molecule has 1 fully saturated rings. The topological polar surface area (TPSA) is 120 Å². The fraction of sp³-hybridized carbons (Fsp3) is 0.320. The van der Waals surface area contributed by atoms with Gasteiger partial charge in [0.1, 0.15) is 13.2 Å². The zero-order valence-corrected chi connectivity index (χ0v) is 23.1. The summed E-state index contributed by atoms with van der Waals surface area (Å²) in [5.41, 5.74) is -0.171. The number of nitrogens with zero attached hydrogens (tertiary/aromatic N) is 2. The molecule has 1 aromatic heterocycles. The molecule has 0 bridgehead atoms. The minimum absolute atomic E-state index is 0.0355. The Labute approximate surface area is 224 Å². The number of aromatic carboxylic acids is 1. The zero-order valence-electron chi connectivity index (χ0n) is 20.7. The van der Waals surface area contributed by atoms with Crippen molar-refractivity contribution >= 4 is 37.3 Å². The van der Waals surface area contributed by atoms with E-state index in [-0.39, 0.29) is 46.1 Å². The van der Waals surface area contributed by atoms with Crippen molar-refractivity contribution in [2.45, 2.75) is 29.6 Å². The Hall–Kier alpha value is -2.46. The number of hydrogen-bond donors (Lipinski definition) is 2. The van der Waals surface area contributed by atoms with Crippen LogP contribution in [-0.2, 0) is 9.05 Å². The van der Waals surface area contributed by atoms with Crippen molar-refractivity contribution in [1.29, 1.82) is 0 Å². The Balaban J connectivity index is 1.81. The maximum absolute atomic E-state index is 12.4. The fourth-order valence-corrected chi connectivity index (χ4v) is 7.69. The summed E-state index contributed by atoms with van der Waals surface area (Å²) >= 11 is 7.79. The normalized spacial score (nSPS) is 17.1. The van der Waals surface area contributed by atoms with Crippen LogP contribution < -0.4 is 9.47 Å². The molecule has 196 valence electrons. The number of carboxylic acid groups (broad SMARTS) is 1. The molecule has 9 nitrogen and oxygen atoms in total. The smallest absolute Gasteiger partial charge is 0.421 e. The quantitative estimate of drug-likeness (QED) is 0.252. The van der Waals surface area contributed by atoms with Gasteiger partial charge in [-0.05, 0) is 17.8 Å². The number of rotatable bonds is 8. The molecule has 4 rings (SSSR count). The first kappa shape index (κ1) is 27.6. The molecular formula is C25H27ClN2O7PS+.